The highest BCUT2D eigenvalue weighted by Gasteiger charge is 2.35. The standard InChI is InChI=1S/C21H12Cl2N2O3/c22-15-11-17-18(12-16(15)23)25(28)20(21(26)14-9-5-2-6-10-14)19(24(17)27)13-7-3-1-4-8-13/h1-12H. The minimum absolute atomic E-state index is 0.0212. The summed E-state index contributed by atoms with van der Waals surface area (Å²) in [6, 6.07) is 19.5. The molecule has 0 bridgehead atoms. The van der Waals surface area contributed by atoms with Gasteiger partial charge in [0.15, 0.2) is 0 Å². The van der Waals surface area contributed by atoms with E-state index in [-0.39, 0.29) is 32.5 Å². The highest BCUT2D eigenvalue weighted by atomic mass is 35.5. The fourth-order valence-corrected chi connectivity index (χ4v) is 3.38. The molecular weight excluding hydrogens is 399 g/mol. The summed E-state index contributed by atoms with van der Waals surface area (Å²) in [5, 5.41) is 26.7. The molecule has 0 N–H and O–H groups in total. The van der Waals surface area contributed by atoms with Gasteiger partial charge in [-0.3, -0.25) is 4.79 Å². The van der Waals surface area contributed by atoms with Gasteiger partial charge in [-0.25, -0.2) is 0 Å². The first-order valence-electron chi connectivity index (χ1n) is 8.32. The van der Waals surface area contributed by atoms with E-state index in [0.29, 0.717) is 20.6 Å². The van der Waals surface area contributed by atoms with Crippen LogP contribution in [0.15, 0.2) is 72.8 Å². The van der Waals surface area contributed by atoms with E-state index in [2.05, 4.69) is 0 Å². The lowest BCUT2D eigenvalue weighted by atomic mass is 10.0. The average Bonchev–Trinajstić information content (AvgIpc) is 2.72. The lowest BCUT2D eigenvalue weighted by molar-refractivity contribution is -0.622. The predicted molar refractivity (Wildman–Crippen MR) is 107 cm³/mol. The zero-order chi connectivity index (χ0) is 19.8. The Bertz CT molecular complexity index is 1210. The second kappa shape index (κ2) is 7.11. The quantitative estimate of drug-likeness (QED) is 0.287. The molecule has 3 aromatic carbocycles. The molecule has 5 nitrogen and oxygen atoms in total. The minimum atomic E-state index is -0.563. The van der Waals surface area contributed by atoms with E-state index in [4.69, 9.17) is 23.2 Å². The Hall–Kier alpha value is -3.15. The molecule has 138 valence electrons. The monoisotopic (exact) mass is 410 g/mol. The minimum Gasteiger partial charge on any atom is -0.617 e. The molecule has 28 heavy (non-hydrogen) atoms. The number of benzene rings is 3. The molecule has 0 aliphatic rings. The molecule has 0 amide bonds. The molecule has 0 radical (unpaired) electrons. The van der Waals surface area contributed by atoms with Gasteiger partial charge in [0.1, 0.15) is 0 Å². The van der Waals surface area contributed by atoms with Gasteiger partial charge >= 0.3 is 11.4 Å². The van der Waals surface area contributed by atoms with Crippen LogP contribution in [0.1, 0.15) is 16.1 Å². The molecule has 1 heterocycles. The molecule has 0 aliphatic heterocycles. The Morgan fingerprint density at radius 2 is 1.25 bits per heavy atom. The molecule has 7 heteroatoms. The maximum absolute atomic E-state index is 13.2. The number of aromatic nitrogens is 2. The van der Waals surface area contributed by atoms with Gasteiger partial charge in [-0.15, -0.1) is 0 Å². The van der Waals surface area contributed by atoms with Crippen LogP contribution in [-0.2, 0) is 0 Å². The summed E-state index contributed by atoms with van der Waals surface area (Å²) in [5.74, 6) is -0.563. The molecule has 4 rings (SSSR count). The van der Waals surface area contributed by atoms with Crippen molar-refractivity contribution in [1.82, 2.24) is 0 Å². The number of carbonyl (C=O) groups excluding carboxylic acids is 1. The Labute approximate surface area is 170 Å². The van der Waals surface area contributed by atoms with Crippen LogP contribution >= 0.6 is 23.2 Å². The third-order valence-corrected chi connectivity index (χ3v) is 5.11. The Morgan fingerprint density at radius 1 is 0.750 bits per heavy atom. The summed E-state index contributed by atoms with van der Waals surface area (Å²) in [7, 11) is 0. The van der Waals surface area contributed by atoms with Gasteiger partial charge in [-0.05, 0) is 12.1 Å². The van der Waals surface area contributed by atoms with Gasteiger partial charge in [-0.1, -0.05) is 71.7 Å². The number of halogens is 2. The van der Waals surface area contributed by atoms with Crippen molar-refractivity contribution in [2.75, 3.05) is 0 Å². The van der Waals surface area contributed by atoms with Gasteiger partial charge in [0.2, 0.25) is 0 Å². The van der Waals surface area contributed by atoms with Crippen LogP contribution in [0.4, 0.5) is 0 Å². The van der Waals surface area contributed by atoms with Crippen LogP contribution in [-0.4, -0.2) is 5.78 Å². The van der Waals surface area contributed by atoms with Crippen LogP contribution in [0.25, 0.3) is 22.3 Å². The van der Waals surface area contributed by atoms with E-state index in [0.717, 1.165) is 0 Å². The van der Waals surface area contributed by atoms with Crippen LogP contribution in [0.3, 0.4) is 0 Å². The van der Waals surface area contributed by atoms with E-state index in [1.807, 2.05) is 0 Å². The number of ketones is 1. The predicted octanol–water partition coefficient (Wildman–Crippen LogP) is 4.31. The maximum atomic E-state index is 13.2. The van der Waals surface area contributed by atoms with Crippen LogP contribution in [0.2, 0.25) is 10.0 Å². The maximum Gasteiger partial charge on any atom is 0.339 e. The third kappa shape index (κ3) is 2.95. The van der Waals surface area contributed by atoms with Crippen molar-refractivity contribution < 1.29 is 14.3 Å². The first-order valence-corrected chi connectivity index (χ1v) is 9.07. The Kier molecular flexibility index (Phi) is 4.63. The van der Waals surface area contributed by atoms with Crippen molar-refractivity contribution in [2.45, 2.75) is 0 Å². The Balaban J connectivity index is 2.14. The molecule has 0 unspecified atom stereocenters. The Morgan fingerprint density at radius 3 is 1.82 bits per heavy atom. The smallest absolute Gasteiger partial charge is 0.339 e. The van der Waals surface area contributed by atoms with E-state index >= 15 is 0 Å². The van der Waals surface area contributed by atoms with E-state index in [9.17, 15) is 15.2 Å². The fourth-order valence-electron chi connectivity index (χ4n) is 3.06. The summed E-state index contributed by atoms with van der Waals surface area (Å²) in [5.41, 5.74) is 0.392. The highest BCUT2D eigenvalue weighted by Crippen LogP contribution is 2.28. The molecule has 1 aromatic heterocycles. The van der Waals surface area contributed by atoms with Gasteiger partial charge in [-0.2, -0.15) is 9.46 Å². The van der Waals surface area contributed by atoms with Crippen molar-refractivity contribution in [2.24, 2.45) is 0 Å². The number of rotatable bonds is 3. The molecule has 0 aliphatic carbocycles. The molecule has 0 fully saturated rings. The summed E-state index contributed by atoms with van der Waals surface area (Å²) >= 11 is 12.1. The molecule has 0 atom stereocenters. The van der Waals surface area contributed by atoms with Crippen LogP contribution in [0, 0.1) is 10.4 Å². The molecule has 0 spiro atoms. The van der Waals surface area contributed by atoms with Crippen molar-refractivity contribution in [3.63, 3.8) is 0 Å². The first kappa shape index (κ1) is 18.2. The number of fused-ring (bicyclic) bond motifs is 1. The number of hydrogen-bond donors (Lipinski definition) is 0. The van der Waals surface area contributed by atoms with Crippen LogP contribution in [0.5, 0.6) is 0 Å². The summed E-state index contributed by atoms with van der Waals surface area (Å²) in [6.45, 7) is 0. The van der Waals surface area contributed by atoms with Crippen molar-refractivity contribution in [3.8, 4) is 11.3 Å². The second-order valence-electron chi connectivity index (χ2n) is 6.10. The van der Waals surface area contributed by atoms with Crippen molar-refractivity contribution in [1.29, 1.82) is 0 Å². The number of nitrogens with zero attached hydrogens (tertiary/aromatic N) is 2. The van der Waals surface area contributed by atoms with Crippen LogP contribution < -0.4 is 9.46 Å². The largest absolute Gasteiger partial charge is 0.617 e. The normalized spacial score (nSPS) is 10.9. The van der Waals surface area contributed by atoms with Gasteiger partial charge < -0.3 is 10.4 Å². The zero-order valence-corrected chi connectivity index (χ0v) is 15.8. The van der Waals surface area contributed by atoms with Gasteiger partial charge in [0.05, 0.1) is 15.6 Å². The second-order valence-corrected chi connectivity index (χ2v) is 6.92. The number of hydrogen-bond acceptors (Lipinski definition) is 3. The van der Waals surface area contributed by atoms with E-state index in [1.165, 1.54) is 12.1 Å². The summed E-state index contributed by atoms with van der Waals surface area (Å²) < 4.78 is 1.00. The molecule has 0 saturated heterocycles. The third-order valence-electron chi connectivity index (χ3n) is 4.38. The van der Waals surface area contributed by atoms with Gasteiger partial charge in [0.25, 0.3) is 16.8 Å². The lowest BCUT2D eigenvalue weighted by Gasteiger charge is -2.13. The lowest BCUT2D eigenvalue weighted by Crippen LogP contribution is -2.46. The fraction of sp³-hybridized carbons (Fsp3) is 0. The van der Waals surface area contributed by atoms with E-state index in [1.54, 1.807) is 60.7 Å². The molecule has 4 aromatic rings. The SMILES string of the molecule is O=C(c1ccccc1)c1c(-c2ccccc2)[n+]([O-])c2cc(Cl)c(Cl)cc2[n+]1[O-]. The summed E-state index contributed by atoms with van der Waals surface area (Å²) in [4.78, 5) is 13.2. The van der Waals surface area contributed by atoms with Gasteiger partial charge in [0, 0.05) is 17.7 Å². The summed E-state index contributed by atoms with van der Waals surface area (Å²) in [6.07, 6.45) is 0. The first-order chi connectivity index (χ1) is 13.5. The van der Waals surface area contributed by atoms with Crippen molar-refractivity contribution >= 4 is 40.0 Å². The number of carbonyl (C=O) groups is 1. The highest BCUT2D eigenvalue weighted by molar-refractivity contribution is 6.42. The van der Waals surface area contributed by atoms with Crippen molar-refractivity contribution in [3.05, 3.63) is 105 Å². The van der Waals surface area contributed by atoms with E-state index < -0.39 is 5.78 Å². The molecule has 0 saturated carbocycles. The topological polar surface area (TPSA) is 71.0 Å². The average molecular weight is 411 g/mol. The zero-order valence-electron chi connectivity index (χ0n) is 14.3. The molecular formula is C21H12Cl2N2O3.